The molecule has 0 bridgehead atoms. The summed E-state index contributed by atoms with van der Waals surface area (Å²) in [7, 11) is 2.38. The van der Waals surface area contributed by atoms with Gasteiger partial charge in [-0.2, -0.15) is 0 Å². The van der Waals surface area contributed by atoms with Gasteiger partial charge in [-0.15, -0.1) is 0 Å². The molecular weight excluding hydrogens is 280 g/mol. The number of aromatic nitrogens is 2. The molecule has 0 saturated carbocycles. The molecule has 0 aromatic carbocycles. The molecule has 0 fully saturated rings. The van der Waals surface area contributed by atoms with Crippen molar-refractivity contribution < 1.29 is 28.5 Å². The number of ether oxygens (including phenoxy) is 4. The first-order valence-corrected chi connectivity index (χ1v) is 6.35. The largest absolute Gasteiger partial charge is 0.465 e. The number of esters is 2. The molecular formula is C13H18N2O6. The molecule has 0 unspecified atom stereocenters. The van der Waals surface area contributed by atoms with E-state index >= 15 is 0 Å². The van der Waals surface area contributed by atoms with E-state index in [4.69, 9.17) is 9.47 Å². The summed E-state index contributed by atoms with van der Waals surface area (Å²) in [5.74, 6) is -1.37. The second-order valence-corrected chi connectivity index (χ2v) is 3.72. The van der Waals surface area contributed by atoms with Gasteiger partial charge in [-0.25, -0.2) is 19.6 Å². The van der Waals surface area contributed by atoms with Gasteiger partial charge in [0, 0.05) is 19.4 Å². The van der Waals surface area contributed by atoms with Gasteiger partial charge >= 0.3 is 11.9 Å². The van der Waals surface area contributed by atoms with E-state index in [-0.39, 0.29) is 17.1 Å². The van der Waals surface area contributed by atoms with E-state index in [1.54, 1.807) is 13.8 Å². The van der Waals surface area contributed by atoms with Gasteiger partial charge in [0.1, 0.15) is 5.56 Å². The summed E-state index contributed by atoms with van der Waals surface area (Å²) in [5.41, 5.74) is -0.279. The van der Waals surface area contributed by atoms with E-state index in [2.05, 4.69) is 19.4 Å². The van der Waals surface area contributed by atoms with Gasteiger partial charge in [0.05, 0.1) is 14.2 Å². The molecule has 0 amide bonds. The highest BCUT2D eigenvalue weighted by Crippen LogP contribution is 2.17. The second-order valence-electron chi connectivity index (χ2n) is 3.72. The Balaban J connectivity index is 3.25. The topological polar surface area (TPSA) is 96.8 Å². The number of carbonyl (C=O) groups excluding carboxylic acids is 2. The van der Waals surface area contributed by atoms with E-state index < -0.39 is 18.2 Å². The van der Waals surface area contributed by atoms with Crippen molar-refractivity contribution in [2.24, 2.45) is 0 Å². The van der Waals surface area contributed by atoms with Gasteiger partial charge in [-0.3, -0.25) is 0 Å². The molecule has 0 saturated heterocycles. The van der Waals surface area contributed by atoms with E-state index in [0.29, 0.717) is 13.2 Å². The van der Waals surface area contributed by atoms with Crippen molar-refractivity contribution in [1.82, 2.24) is 9.97 Å². The molecule has 8 nitrogen and oxygen atoms in total. The summed E-state index contributed by atoms with van der Waals surface area (Å²) in [6, 6.07) is 0. The van der Waals surface area contributed by atoms with Crippen LogP contribution >= 0.6 is 0 Å². The molecule has 0 aliphatic heterocycles. The fourth-order valence-electron chi connectivity index (χ4n) is 1.52. The molecule has 1 aromatic rings. The van der Waals surface area contributed by atoms with Crippen molar-refractivity contribution >= 4 is 11.9 Å². The maximum absolute atomic E-state index is 11.7. The van der Waals surface area contributed by atoms with Gasteiger partial charge in [0.25, 0.3) is 0 Å². The van der Waals surface area contributed by atoms with Gasteiger partial charge in [-0.1, -0.05) is 0 Å². The third-order valence-electron chi connectivity index (χ3n) is 2.44. The fraction of sp³-hybridized carbons (Fsp3) is 0.538. The minimum atomic E-state index is -0.824. The Morgan fingerprint density at radius 3 is 2.14 bits per heavy atom. The number of carbonyl (C=O) groups is 2. The highest BCUT2D eigenvalue weighted by molar-refractivity contribution is 6.01. The zero-order chi connectivity index (χ0) is 15.8. The predicted octanol–water partition coefficient (Wildman–Crippen LogP) is 1.12. The van der Waals surface area contributed by atoms with Gasteiger partial charge in [0.15, 0.2) is 11.5 Å². The molecule has 0 N–H and O–H groups in total. The third-order valence-corrected chi connectivity index (χ3v) is 2.44. The molecule has 1 rings (SSSR count). The molecule has 0 spiro atoms. The lowest BCUT2D eigenvalue weighted by molar-refractivity contribution is -0.145. The summed E-state index contributed by atoms with van der Waals surface area (Å²) < 4.78 is 19.9. The minimum Gasteiger partial charge on any atom is -0.465 e. The maximum atomic E-state index is 11.7. The molecule has 0 radical (unpaired) electrons. The smallest absolute Gasteiger partial charge is 0.357 e. The Labute approximate surface area is 122 Å². The molecule has 1 aromatic heterocycles. The maximum Gasteiger partial charge on any atom is 0.357 e. The fourth-order valence-corrected chi connectivity index (χ4v) is 1.52. The highest BCUT2D eigenvalue weighted by atomic mass is 16.7. The summed E-state index contributed by atoms with van der Waals surface area (Å²) in [4.78, 5) is 31.4. The number of nitrogens with zero attached hydrogens (tertiary/aromatic N) is 2. The first-order chi connectivity index (χ1) is 10.1. The minimum absolute atomic E-state index is 0.0835. The lowest BCUT2D eigenvalue weighted by Crippen LogP contribution is -2.19. The Morgan fingerprint density at radius 1 is 1.10 bits per heavy atom. The molecule has 116 valence electrons. The van der Waals surface area contributed by atoms with Crippen molar-refractivity contribution in [2.45, 2.75) is 20.1 Å². The quantitative estimate of drug-likeness (QED) is 0.545. The van der Waals surface area contributed by atoms with Gasteiger partial charge < -0.3 is 18.9 Å². The van der Waals surface area contributed by atoms with Crippen LogP contribution in [-0.4, -0.2) is 49.3 Å². The van der Waals surface area contributed by atoms with Crippen molar-refractivity contribution in [3.05, 3.63) is 23.3 Å². The second kappa shape index (κ2) is 8.28. The van der Waals surface area contributed by atoms with Crippen molar-refractivity contribution in [2.75, 3.05) is 27.4 Å². The van der Waals surface area contributed by atoms with Gasteiger partial charge in [0.2, 0.25) is 6.29 Å². The molecule has 8 heteroatoms. The number of rotatable bonds is 7. The van der Waals surface area contributed by atoms with Crippen LogP contribution in [0.5, 0.6) is 0 Å². The third kappa shape index (κ3) is 4.20. The summed E-state index contributed by atoms with van der Waals surface area (Å²) >= 11 is 0. The first kappa shape index (κ1) is 17.0. The van der Waals surface area contributed by atoms with Crippen molar-refractivity contribution in [3.63, 3.8) is 0 Å². The summed E-state index contributed by atoms with van der Waals surface area (Å²) in [6.45, 7) is 4.33. The standard InChI is InChI=1S/C13H18N2O6/c1-5-20-13(21-6-2)10-14-7-8(11(16)18-3)9(15-10)12(17)19-4/h7,13H,5-6H2,1-4H3. The predicted molar refractivity (Wildman–Crippen MR) is 70.7 cm³/mol. The zero-order valence-electron chi connectivity index (χ0n) is 12.4. The van der Waals surface area contributed by atoms with Crippen LogP contribution in [0.3, 0.4) is 0 Å². The van der Waals surface area contributed by atoms with Crippen LogP contribution in [0, 0.1) is 0 Å². The van der Waals surface area contributed by atoms with Crippen LogP contribution < -0.4 is 0 Å². The van der Waals surface area contributed by atoms with E-state index in [1.165, 1.54) is 20.4 Å². The monoisotopic (exact) mass is 298 g/mol. The Hall–Kier alpha value is -2.06. The molecule has 1 heterocycles. The van der Waals surface area contributed by atoms with E-state index in [0.717, 1.165) is 0 Å². The summed E-state index contributed by atoms with van der Waals surface area (Å²) in [5, 5.41) is 0. The van der Waals surface area contributed by atoms with Crippen LogP contribution in [0.4, 0.5) is 0 Å². The average Bonchev–Trinajstić information content (AvgIpc) is 2.52. The van der Waals surface area contributed by atoms with Crippen molar-refractivity contribution in [3.8, 4) is 0 Å². The number of methoxy groups -OCH3 is 2. The Kier molecular flexibility index (Phi) is 6.70. The lowest BCUT2D eigenvalue weighted by atomic mass is 10.2. The van der Waals surface area contributed by atoms with E-state index in [1.807, 2.05) is 0 Å². The highest BCUT2D eigenvalue weighted by Gasteiger charge is 2.24. The van der Waals surface area contributed by atoms with Crippen LogP contribution in [0.25, 0.3) is 0 Å². The number of hydrogen-bond donors (Lipinski definition) is 0. The number of hydrogen-bond acceptors (Lipinski definition) is 8. The normalized spacial score (nSPS) is 10.5. The van der Waals surface area contributed by atoms with Crippen molar-refractivity contribution in [1.29, 1.82) is 0 Å². The van der Waals surface area contributed by atoms with Crippen LogP contribution in [0.2, 0.25) is 0 Å². The Morgan fingerprint density at radius 2 is 1.67 bits per heavy atom. The molecule has 0 aliphatic rings. The molecule has 21 heavy (non-hydrogen) atoms. The molecule has 0 aliphatic carbocycles. The van der Waals surface area contributed by atoms with Crippen LogP contribution in [0.15, 0.2) is 6.20 Å². The van der Waals surface area contributed by atoms with Crippen LogP contribution in [0.1, 0.15) is 46.8 Å². The van der Waals surface area contributed by atoms with Gasteiger partial charge in [-0.05, 0) is 13.8 Å². The lowest BCUT2D eigenvalue weighted by Gasteiger charge is -2.16. The summed E-state index contributed by atoms with van der Waals surface area (Å²) in [6.07, 6.45) is 0.362. The van der Waals surface area contributed by atoms with E-state index in [9.17, 15) is 9.59 Å². The average molecular weight is 298 g/mol. The SMILES string of the molecule is CCOC(OCC)c1ncc(C(=O)OC)c(C(=O)OC)n1. The first-order valence-electron chi connectivity index (χ1n) is 6.35. The Bertz CT molecular complexity index is 499. The van der Waals surface area contributed by atoms with Crippen LogP contribution in [-0.2, 0) is 18.9 Å². The zero-order valence-corrected chi connectivity index (χ0v) is 12.4. The molecule has 0 atom stereocenters.